The van der Waals surface area contributed by atoms with Crippen LogP contribution in [0.2, 0.25) is 0 Å². The minimum absolute atomic E-state index is 0.122. The Labute approximate surface area is 123 Å². The predicted molar refractivity (Wildman–Crippen MR) is 80.4 cm³/mol. The lowest BCUT2D eigenvalue weighted by molar-refractivity contribution is -0.144. The van der Waals surface area contributed by atoms with Gasteiger partial charge in [-0.3, -0.25) is 4.79 Å². The number of carbonyl (C=O) groups excluding carboxylic acids is 1. The molecule has 5 aliphatic rings. The first-order valence-corrected chi connectivity index (χ1v) is 8.90. The molecule has 0 radical (unpaired) electrons. The number of nitrogens with one attached hydrogen (secondary N) is 1. The molecular weight excluding hydrogens is 246 g/mol. The summed E-state index contributed by atoms with van der Waals surface area (Å²) in [5, 5.41) is 3.59. The Kier molecular flexibility index (Phi) is 3.21. The quantitative estimate of drug-likeness (QED) is 0.853. The van der Waals surface area contributed by atoms with E-state index in [-0.39, 0.29) is 5.41 Å². The van der Waals surface area contributed by atoms with Crippen LogP contribution in [0, 0.1) is 29.1 Å². The van der Waals surface area contributed by atoms with Gasteiger partial charge in [-0.25, -0.2) is 0 Å². The molecule has 4 saturated carbocycles. The van der Waals surface area contributed by atoms with Gasteiger partial charge in [-0.05, 0) is 81.6 Å². The normalized spacial score (nSPS) is 50.4. The van der Waals surface area contributed by atoms with Crippen LogP contribution in [-0.4, -0.2) is 18.4 Å². The van der Waals surface area contributed by atoms with E-state index in [9.17, 15) is 4.79 Å². The average molecular weight is 275 g/mol. The second-order valence-electron chi connectivity index (χ2n) is 8.61. The largest absolute Gasteiger partial charge is 0.314 e. The Morgan fingerprint density at radius 1 is 1.05 bits per heavy atom. The zero-order valence-corrected chi connectivity index (χ0v) is 12.9. The molecule has 0 amide bonds. The number of hydrogen-bond acceptors (Lipinski definition) is 2. The van der Waals surface area contributed by atoms with Gasteiger partial charge in [0.05, 0.1) is 0 Å². The van der Waals surface area contributed by atoms with Gasteiger partial charge in [0, 0.05) is 17.9 Å². The zero-order chi connectivity index (χ0) is 13.7. The first kappa shape index (κ1) is 13.3. The van der Waals surface area contributed by atoms with Crippen molar-refractivity contribution in [1.29, 1.82) is 0 Å². The lowest BCUT2D eigenvalue weighted by Gasteiger charge is -2.56. The second-order valence-corrected chi connectivity index (χ2v) is 8.61. The van der Waals surface area contributed by atoms with E-state index in [0.717, 1.165) is 36.6 Å². The molecule has 1 N–H and O–H groups in total. The van der Waals surface area contributed by atoms with E-state index < -0.39 is 0 Å². The molecule has 4 bridgehead atoms. The molecule has 112 valence electrons. The fraction of sp³-hybridized carbons (Fsp3) is 0.944. The molecule has 1 heterocycles. The molecule has 0 aromatic carbocycles. The van der Waals surface area contributed by atoms with Crippen molar-refractivity contribution in [2.24, 2.45) is 29.1 Å². The Morgan fingerprint density at radius 2 is 1.65 bits per heavy atom. The van der Waals surface area contributed by atoms with Crippen molar-refractivity contribution < 1.29 is 4.79 Å². The highest BCUT2D eigenvalue weighted by Crippen LogP contribution is 2.60. The van der Waals surface area contributed by atoms with Crippen LogP contribution < -0.4 is 5.32 Å². The van der Waals surface area contributed by atoms with Crippen LogP contribution >= 0.6 is 0 Å². The Bertz CT molecular complexity index is 367. The van der Waals surface area contributed by atoms with Gasteiger partial charge in [-0.1, -0.05) is 6.92 Å². The first-order chi connectivity index (χ1) is 9.63. The highest BCUT2D eigenvalue weighted by Gasteiger charge is 2.54. The van der Waals surface area contributed by atoms with Gasteiger partial charge in [0.15, 0.2) is 0 Å². The summed E-state index contributed by atoms with van der Waals surface area (Å²) in [7, 11) is 0. The number of carbonyl (C=O) groups is 1. The van der Waals surface area contributed by atoms with Crippen molar-refractivity contribution in [3.05, 3.63) is 0 Å². The van der Waals surface area contributed by atoms with Gasteiger partial charge in [0.1, 0.15) is 5.78 Å². The van der Waals surface area contributed by atoms with E-state index in [1.165, 1.54) is 51.4 Å². The minimum atomic E-state index is 0.122. The summed E-state index contributed by atoms with van der Waals surface area (Å²) in [5.74, 6) is 4.10. The summed E-state index contributed by atoms with van der Waals surface area (Å²) in [6, 6.07) is 0.472. The zero-order valence-electron chi connectivity index (χ0n) is 12.9. The fourth-order valence-corrected chi connectivity index (χ4v) is 6.27. The van der Waals surface area contributed by atoms with Gasteiger partial charge in [0.25, 0.3) is 0 Å². The van der Waals surface area contributed by atoms with Crippen LogP contribution in [0.15, 0.2) is 0 Å². The van der Waals surface area contributed by atoms with Crippen molar-refractivity contribution in [1.82, 2.24) is 5.32 Å². The third kappa shape index (κ3) is 2.24. The molecule has 2 unspecified atom stereocenters. The topological polar surface area (TPSA) is 29.1 Å². The van der Waals surface area contributed by atoms with Crippen molar-refractivity contribution in [2.45, 2.75) is 70.8 Å². The summed E-state index contributed by atoms with van der Waals surface area (Å²) < 4.78 is 0. The maximum absolute atomic E-state index is 13.0. The summed E-state index contributed by atoms with van der Waals surface area (Å²) in [6.45, 7) is 3.45. The molecule has 1 saturated heterocycles. The van der Waals surface area contributed by atoms with Crippen molar-refractivity contribution >= 4 is 5.78 Å². The van der Waals surface area contributed by atoms with E-state index >= 15 is 0 Å². The summed E-state index contributed by atoms with van der Waals surface area (Å²) in [6.07, 6.45) is 11.3. The van der Waals surface area contributed by atoms with Crippen molar-refractivity contribution in [3.8, 4) is 0 Å². The third-order valence-corrected chi connectivity index (χ3v) is 6.82. The molecule has 0 aromatic rings. The van der Waals surface area contributed by atoms with Crippen molar-refractivity contribution in [2.75, 3.05) is 6.54 Å². The number of hydrogen-bond donors (Lipinski definition) is 1. The molecule has 2 heteroatoms. The van der Waals surface area contributed by atoms with E-state index in [1.807, 2.05) is 0 Å². The van der Waals surface area contributed by atoms with Crippen LogP contribution in [0.25, 0.3) is 0 Å². The lowest BCUT2D eigenvalue weighted by atomic mass is 9.48. The van der Waals surface area contributed by atoms with Crippen molar-refractivity contribution in [3.63, 3.8) is 0 Å². The van der Waals surface area contributed by atoms with Gasteiger partial charge < -0.3 is 5.32 Å². The number of ketones is 1. The summed E-state index contributed by atoms with van der Waals surface area (Å²) in [4.78, 5) is 13.0. The van der Waals surface area contributed by atoms with E-state index in [4.69, 9.17) is 0 Å². The molecule has 0 spiro atoms. The molecule has 1 aliphatic heterocycles. The maximum Gasteiger partial charge on any atom is 0.140 e. The van der Waals surface area contributed by atoms with E-state index in [0.29, 0.717) is 11.8 Å². The molecule has 20 heavy (non-hydrogen) atoms. The highest BCUT2D eigenvalue weighted by atomic mass is 16.1. The first-order valence-electron chi connectivity index (χ1n) is 8.90. The molecule has 2 atom stereocenters. The number of rotatable bonds is 3. The van der Waals surface area contributed by atoms with Gasteiger partial charge in [-0.15, -0.1) is 0 Å². The molecule has 4 aliphatic carbocycles. The van der Waals surface area contributed by atoms with E-state index in [2.05, 4.69) is 12.2 Å². The van der Waals surface area contributed by atoms with Crippen LogP contribution in [0.5, 0.6) is 0 Å². The Hall–Kier alpha value is -0.370. The predicted octanol–water partition coefficient (Wildman–Crippen LogP) is 3.55. The van der Waals surface area contributed by atoms with E-state index in [1.54, 1.807) is 0 Å². The summed E-state index contributed by atoms with van der Waals surface area (Å²) in [5.41, 5.74) is 0.122. The molecule has 0 aromatic heterocycles. The molecule has 5 fully saturated rings. The number of piperidine rings is 1. The maximum atomic E-state index is 13.0. The average Bonchev–Trinajstić information content (AvgIpc) is 2.37. The van der Waals surface area contributed by atoms with Crippen LogP contribution in [0.4, 0.5) is 0 Å². The third-order valence-electron chi connectivity index (χ3n) is 6.82. The SMILES string of the molecule is CC1CCNC(CC(=O)C23CC4CC(CC(C4)C2)C3)C1. The standard InChI is InChI=1S/C18H29NO/c1-12-2-3-19-16(4-12)8-17(20)18-9-13-5-14(10-18)7-15(6-13)11-18/h12-16,19H,2-11H2,1H3. The highest BCUT2D eigenvalue weighted by molar-refractivity contribution is 5.85. The fourth-order valence-electron chi connectivity index (χ4n) is 6.27. The monoisotopic (exact) mass is 275 g/mol. The molecular formula is C18H29NO. The second kappa shape index (κ2) is 4.83. The number of Topliss-reactive ketones (excluding diaryl/α,β-unsaturated/α-hetero) is 1. The summed E-state index contributed by atoms with van der Waals surface area (Å²) >= 11 is 0. The lowest BCUT2D eigenvalue weighted by Crippen LogP contribution is -2.51. The van der Waals surface area contributed by atoms with Gasteiger partial charge in [0.2, 0.25) is 0 Å². The van der Waals surface area contributed by atoms with Gasteiger partial charge >= 0.3 is 0 Å². The van der Waals surface area contributed by atoms with Gasteiger partial charge in [-0.2, -0.15) is 0 Å². The molecule has 2 nitrogen and oxygen atoms in total. The minimum Gasteiger partial charge on any atom is -0.314 e. The smallest absolute Gasteiger partial charge is 0.140 e. The van der Waals surface area contributed by atoms with Crippen LogP contribution in [-0.2, 0) is 4.79 Å². The van der Waals surface area contributed by atoms with Crippen LogP contribution in [0.3, 0.4) is 0 Å². The Balaban J connectivity index is 1.45. The molecule has 5 rings (SSSR count). The van der Waals surface area contributed by atoms with Crippen LogP contribution in [0.1, 0.15) is 64.7 Å². The Morgan fingerprint density at radius 3 is 2.20 bits per heavy atom.